The van der Waals surface area contributed by atoms with Gasteiger partial charge >= 0.3 is 0 Å². The first kappa shape index (κ1) is 12.0. The molecule has 17 heavy (non-hydrogen) atoms. The number of hydrogen-bond acceptors (Lipinski definition) is 1. The molecule has 0 spiro atoms. The minimum atomic E-state index is 0.331. The average molecular weight is 247 g/mol. The lowest BCUT2D eigenvalue weighted by Crippen LogP contribution is -2.24. The smallest absolute Gasteiger partial charge is 0.0472 e. The van der Waals surface area contributed by atoms with Gasteiger partial charge in [-0.1, -0.05) is 17.7 Å². The molecule has 3 heteroatoms. The highest BCUT2D eigenvalue weighted by Gasteiger charge is 2.05. The van der Waals surface area contributed by atoms with E-state index in [9.17, 15) is 0 Å². The van der Waals surface area contributed by atoms with Crippen molar-refractivity contribution in [1.29, 1.82) is 0 Å². The van der Waals surface area contributed by atoms with Crippen LogP contribution in [0.2, 0.25) is 5.02 Å². The monoisotopic (exact) mass is 246 g/mol. The first-order valence-corrected chi connectivity index (χ1v) is 6.01. The van der Waals surface area contributed by atoms with Gasteiger partial charge in [0.25, 0.3) is 0 Å². The van der Waals surface area contributed by atoms with Gasteiger partial charge in [0.05, 0.1) is 0 Å². The fourth-order valence-corrected chi connectivity index (χ4v) is 2.01. The number of aromatic nitrogens is 1. The predicted octanol–water partition coefficient (Wildman–Crippen LogP) is 3.32. The van der Waals surface area contributed by atoms with E-state index in [2.05, 4.69) is 23.1 Å². The summed E-state index contributed by atoms with van der Waals surface area (Å²) in [5.41, 5.74) is 2.31. The van der Waals surface area contributed by atoms with Gasteiger partial charge < -0.3 is 10.3 Å². The Morgan fingerprint density at radius 3 is 3.12 bits per heavy atom. The number of rotatable bonds is 4. The van der Waals surface area contributed by atoms with Crippen molar-refractivity contribution in [3.8, 4) is 12.3 Å². The van der Waals surface area contributed by atoms with Gasteiger partial charge in [-0.05, 0) is 24.6 Å². The van der Waals surface area contributed by atoms with Crippen LogP contribution in [0.1, 0.15) is 18.9 Å². The number of halogens is 1. The number of fused-ring (bicyclic) bond motifs is 1. The first-order valence-electron chi connectivity index (χ1n) is 5.63. The Balaban J connectivity index is 2.12. The van der Waals surface area contributed by atoms with E-state index in [-0.39, 0.29) is 0 Å². The Morgan fingerprint density at radius 2 is 2.35 bits per heavy atom. The average Bonchev–Trinajstić information content (AvgIpc) is 2.69. The molecule has 2 nitrogen and oxygen atoms in total. The van der Waals surface area contributed by atoms with Gasteiger partial charge in [0.15, 0.2) is 0 Å². The molecule has 0 aliphatic carbocycles. The zero-order chi connectivity index (χ0) is 12.3. The van der Waals surface area contributed by atoms with Crippen LogP contribution in [0, 0.1) is 12.3 Å². The Kier molecular flexibility index (Phi) is 3.73. The van der Waals surface area contributed by atoms with Gasteiger partial charge in [0, 0.05) is 41.1 Å². The van der Waals surface area contributed by atoms with E-state index in [1.54, 1.807) is 0 Å². The zero-order valence-corrected chi connectivity index (χ0v) is 10.5. The normalized spacial score (nSPS) is 12.5. The van der Waals surface area contributed by atoms with Crippen LogP contribution in [0.4, 0.5) is 0 Å². The number of H-pyrrole nitrogens is 1. The summed E-state index contributed by atoms with van der Waals surface area (Å²) in [6.07, 6.45) is 8.03. The van der Waals surface area contributed by atoms with E-state index in [0.717, 1.165) is 23.5 Å². The molecule has 0 bridgehead atoms. The Bertz CT molecular complexity index is 551. The van der Waals surface area contributed by atoms with Crippen molar-refractivity contribution in [1.82, 2.24) is 10.3 Å². The number of benzene rings is 1. The van der Waals surface area contributed by atoms with Gasteiger partial charge in [0.2, 0.25) is 0 Å². The molecule has 0 fully saturated rings. The molecule has 1 atom stereocenters. The fourth-order valence-electron chi connectivity index (χ4n) is 1.84. The number of nitrogens with one attached hydrogen (secondary N) is 2. The van der Waals surface area contributed by atoms with Crippen LogP contribution in [0.5, 0.6) is 0 Å². The van der Waals surface area contributed by atoms with Crippen molar-refractivity contribution >= 4 is 22.5 Å². The van der Waals surface area contributed by atoms with Crippen molar-refractivity contribution in [2.24, 2.45) is 0 Å². The van der Waals surface area contributed by atoms with E-state index in [1.807, 2.05) is 24.4 Å². The SMILES string of the molecule is C#CCC(C)NCc1c[nH]c2cc(Cl)ccc12. The lowest BCUT2D eigenvalue weighted by atomic mass is 10.1. The molecular weight excluding hydrogens is 232 g/mol. The van der Waals surface area contributed by atoms with Crippen molar-refractivity contribution < 1.29 is 0 Å². The lowest BCUT2D eigenvalue weighted by molar-refractivity contribution is 0.561. The molecule has 1 unspecified atom stereocenters. The van der Waals surface area contributed by atoms with Gasteiger partial charge in [-0.25, -0.2) is 0 Å². The van der Waals surface area contributed by atoms with Crippen molar-refractivity contribution in [3.63, 3.8) is 0 Å². The summed E-state index contributed by atoms with van der Waals surface area (Å²) in [5, 5.41) is 5.35. The first-order chi connectivity index (χ1) is 8.20. The molecule has 0 saturated carbocycles. The van der Waals surface area contributed by atoms with Crippen LogP contribution in [0.15, 0.2) is 24.4 Å². The topological polar surface area (TPSA) is 27.8 Å². The molecule has 1 heterocycles. The van der Waals surface area contributed by atoms with E-state index in [1.165, 1.54) is 10.9 Å². The molecule has 2 rings (SSSR count). The molecule has 2 aromatic rings. The number of aromatic amines is 1. The highest BCUT2D eigenvalue weighted by atomic mass is 35.5. The summed E-state index contributed by atoms with van der Waals surface area (Å²) < 4.78 is 0. The standard InChI is InChI=1S/C14H15ClN2/c1-3-4-10(2)16-8-11-9-17-14-7-12(15)5-6-13(11)14/h1,5-7,9-10,16-17H,4,8H2,2H3. The van der Waals surface area contributed by atoms with Crippen LogP contribution < -0.4 is 5.32 Å². The molecule has 88 valence electrons. The Labute approximate surface area is 106 Å². The third-order valence-electron chi connectivity index (χ3n) is 2.79. The van der Waals surface area contributed by atoms with E-state index in [0.29, 0.717) is 6.04 Å². The summed E-state index contributed by atoms with van der Waals surface area (Å²) in [6, 6.07) is 6.21. The summed E-state index contributed by atoms with van der Waals surface area (Å²) in [5.74, 6) is 2.65. The highest BCUT2D eigenvalue weighted by molar-refractivity contribution is 6.31. The number of hydrogen-bond donors (Lipinski definition) is 2. The van der Waals surface area contributed by atoms with Crippen molar-refractivity contribution in [2.45, 2.75) is 25.9 Å². The quantitative estimate of drug-likeness (QED) is 0.796. The van der Waals surface area contributed by atoms with E-state index in [4.69, 9.17) is 18.0 Å². The second-order valence-corrected chi connectivity index (χ2v) is 4.63. The maximum atomic E-state index is 5.94. The van der Waals surface area contributed by atoms with Crippen molar-refractivity contribution in [2.75, 3.05) is 0 Å². The summed E-state index contributed by atoms with van der Waals surface area (Å²) in [6.45, 7) is 2.90. The lowest BCUT2D eigenvalue weighted by Gasteiger charge is -2.09. The molecular formula is C14H15ClN2. The fraction of sp³-hybridized carbons (Fsp3) is 0.286. The highest BCUT2D eigenvalue weighted by Crippen LogP contribution is 2.21. The molecule has 0 radical (unpaired) electrons. The second-order valence-electron chi connectivity index (χ2n) is 4.19. The van der Waals surface area contributed by atoms with Gasteiger partial charge in [-0.15, -0.1) is 12.3 Å². The number of terminal acetylenes is 1. The molecule has 0 saturated heterocycles. The molecule has 0 aliphatic heterocycles. The minimum Gasteiger partial charge on any atom is -0.361 e. The van der Waals surface area contributed by atoms with Crippen LogP contribution >= 0.6 is 11.6 Å². The van der Waals surface area contributed by atoms with Crippen LogP contribution in [0.3, 0.4) is 0 Å². The Morgan fingerprint density at radius 1 is 1.53 bits per heavy atom. The van der Waals surface area contributed by atoms with Gasteiger partial charge in [-0.3, -0.25) is 0 Å². The van der Waals surface area contributed by atoms with Gasteiger partial charge in [-0.2, -0.15) is 0 Å². The summed E-state index contributed by atoms with van der Waals surface area (Å²) in [4.78, 5) is 3.22. The largest absolute Gasteiger partial charge is 0.361 e. The second kappa shape index (κ2) is 5.27. The van der Waals surface area contributed by atoms with Crippen LogP contribution in [0.25, 0.3) is 10.9 Å². The van der Waals surface area contributed by atoms with E-state index >= 15 is 0 Å². The molecule has 1 aromatic carbocycles. The van der Waals surface area contributed by atoms with Crippen LogP contribution in [-0.4, -0.2) is 11.0 Å². The third kappa shape index (κ3) is 2.82. The van der Waals surface area contributed by atoms with E-state index < -0.39 is 0 Å². The molecule has 0 amide bonds. The van der Waals surface area contributed by atoms with Crippen molar-refractivity contribution in [3.05, 3.63) is 35.0 Å². The Hall–Kier alpha value is -1.43. The zero-order valence-electron chi connectivity index (χ0n) is 9.76. The third-order valence-corrected chi connectivity index (χ3v) is 3.03. The maximum Gasteiger partial charge on any atom is 0.0472 e. The molecule has 0 aliphatic rings. The maximum absolute atomic E-state index is 5.94. The van der Waals surface area contributed by atoms with Gasteiger partial charge in [0.1, 0.15) is 0 Å². The minimum absolute atomic E-state index is 0.331. The summed E-state index contributed by atoms with van der Waals surface area (Å²) in [7, 11) is 0. The predicted molar refractivity (Wildman–Crippen MR) is 73.1 cm³/mol. The van der Waals surface area contributed by atoms with Crippen LogP contribution in [-0.2, 0) is 6.54 Å². The molecule has 1 aromatic heterocycles. The molecule has 2 N–H and O–H groups in total. The summed E-state index contributed by atoms with van der Waals surface area (Å²) >= 11 is 5.94.